The zero-order valence-electron chi connectivity index (χ0n) is 20.9. The molecule has 2 N–H and O–H groups in total. The Morgan fingerprint density at radius 3 is 2.59 bits per heavy atom. The van der Waals surface area contributed by atoms with Gasteiger partial charge in [-0.2, -0.15) is 0 Å². The number of amides is 2. The lowest BCUT2D eigenvalue weighted by Crippen LogP contribution is -2.35. The molecule has 0 radical (unpaired) electrons. The quantitative estimate of drug-likeness (QED) is 0.352. The first kappa shape index (κ1) is 25.7. The number of phenolic OH excluding ortho intramolecular Hbond substituents is 1. The number of carbonyl (C=O) groups is 2. The largest absolute Gasteiger partial charge is 0.508 e. The number of phenols is 1. The molecule has 0 aromatic heterocycles. The number of nitrogens with zero attached hydrogens (tertiary/aromatic N) is 1. The average molecular weight is 522 g/mol. The summed E-state index contributed by atoms with van der Waals surface area (Å²) in [4.78, 5) is 28.2. The third kappa shape index (κ3) is 4.86. The Kier molecular flexibility index (Phi) is 7.52. The van der Waals surface area contributed by atoms with E-state index in [1.54, 1.807) is 18.2 Å². The predicted octanol–water partition coefficient (Wildman–Crippen LogP) is 5.52. The molecular weight excluding hydrogens is 490 g/mol. The lowest BCUT2D eigenvalue weighted by Gasteiger charge is -2.31. The molecule has 2 aliphatic heterocycles. The van der Waals surface area contributed by atoms with Crippen molar-refractivity contribution in [1.82, 2.24) is 0 Å². The summed E-state index contributed by atoms with van der Waals surface area (Å²) in [7, 11) is 0. The Morgan fingerprint density at radius 2 is 1.89 bits per heavy atom. The number of benzene rings is 2. The van der Waals surface area contributed by atoms with Gasteiger partial charge in [-0.3, -0.25) is 14.5 Å². The fraction of sp³-hybridized carbons (Fsp3) is 0.400. The first-order valence-corrected chi connectivity index (χ1v) is 13.4. The molecule has 6 nitrogen and oxygen atoms in total. The molecule has 5 rings (SSSR count). The van der Waals surface area contributed by atoms with Crippen LogP contribution in [0.4, 0.5) is 5.69 Å². The molecule has 0 spiro atoms. The van der Waals surface area contributed by atoms with E-state index in [-0.39, 0.29) is 36.2 Å². The zero-order chi connectivity index (χ0) is 26.1. The zero-order valence-corrected chi connectivity index (χ0v) is 21.7. The molecule has 2 fully saturated rings. The maximum absolute atomic E-state index is 13.5. The summed E-state index contributed by atoms with van der Waals surface area (Å²) in [5.41, 5.74) is 4.53. The molecular formula is C30H32ClNO5. The van der Waals surface area contributed by atoms with Gasteiger partial charge in [0, 0.05) is 5.92 Å². The van der Waals surface area contributed by atoms with Crippen molar-refractivity contribution in [3.8, 4) is 5.75 Å². The van der Waals surface area contributed by atoms with Crippen molar-refractivity contribution in [2.75, 3.05) is 18.1 Å². The summed E-state index contributed by atoms with van der Waals surface area (Å²) in [6, 6.07) is 14.0. The third-order valence-corrected chi connectivity index (χ3v) is 8.18. The van der Waals surface area contributed by atoms with Crippen LogP contribution in [0, 0.1) is 17.8 Å². The van der Waals surface area contributed by atoms with Crippen molar-refractivity contribution in [2.45, 2.75) is 45.1 Å². The lowest BCUT2D eigenvalue weighted by molar-refractivity contribution is -0.122. The van der Waals surface area contributed by atoms with Crippen molar-refractivity contribution >= 4 is 35.2 Å². The third-order valence-electron chi connectivity index (χ3n) is 7.86. The van der Waals surface area contributed by atoms with Crippen molar-refractivity contribution in [2.24, 2.45) is 17.8 Å². The summed E-state index contributed by atoms with van der Waals surface area (Å²) in [5.74, 6) is -1.33. The number of para-hydroxylation sites is 1. The number of hydrogen-bond acceptors (Lipinski definition) is 5. The molecule has 2 heterocycles. The van der Waals surface area contributed by atoms with Gasteiger partial charge in [-0.25, -0.2) is 0 Å². The number of hydrogen-bond donors (Lipinski definition) is 2. The highest BCUT2D eigenvalue weighted by Crippen LogP contribution is 2.50. The van der Waals surface area contributed by atoms with Gasteiger partial charge in [0.25, 0.3) is 0 Å². The van der Waals surface area contributed by atoms with Crippen LogP contribution in [0.2, 0.25) is 5.02 Å². The molecule has 0 unspecified atom stereocenters. The number of aliphatic hydroxyl groups is 1. The van der Waals surface area contributed by atoms with E-state index in [1.807, 2.05) is 24.3 Å². The molecule has 2 saturated heterocycles. The van der Waals surface area contributed by atoms with Gasteiger partial charge >= 0.3 is 0 Å². The van der Waals surface area contributed by atoms with Crippen LogP contribution in [0.5, 0.6) is 5.75 Å². The van der Waals surface area contributed by atoms with Gasteiger partial charge in [-0.05, 0) is 72.7 Å². The van der Waals surface area contributed by atoms with E-state index < -0.39 is 11.8 Å². The molecule has 2 aromatic rings. The van der Waals surface area contributed by atoms with E-state index in [0.29, 0.717) is 23.7 Å². The van der Waals surface area contributed by atoms with Gasteiger partial charge in [-0.15, -0.1) is 0 Å². The molecule has 37 heavy (non-hydrogen) atoms. The van der Waals surface area contributed by atoms with E-state index in [9.17, 15) is 19.8 Å². The highest BCUT2D eigenvalue weighted by atomic mass is 35.5. The van der Waals surface area contributed by atoms with Crippen LogP contribution in [-0.4, -0.2) is 41.3 Å². The van der Waals surface area contributed by atoms with E-state index in [2.05, 4.69) is 13.0 Å². The summed E-state index contributed by atoms with van der Waals surface area (Å²) in [5, 5.41) is 20.4. The Labute approximate surface area is 222 Å². The van der Waals surface area contributed by atoms with Crippen LogP contribution < -0.4 is 4.90 Å². The highest BCUT2D eigenvalue weighted by molar-refractivity contribution is 6.32. The fourth-order valence-electron chi connectivity index (χ4n) is 6.21. The summed E-state index contributed by atoms with van der Waals surface area (Å²) in [6.45, 7) is 2.37. The fourth-order valence-corrected chi connectivity index (χ4v) is 6.44. The number of fused-ring (bicyclic) bond motifs is 3. The number of aliphatic hydroxyl groups excluding tert-OH is 1. The SMILES string of the molecule is CCC/C(=C\c1ccc(O)cc1Cl)CC[C@H]1OC[C@H]2C1=C(CO)C[C@H]1C(=O)N(c3ccccc3)C(=O)[C@H]12. The first-order chi connectivity index (χ1) is 17.9. The number of anilines is 1. The van der Waals surface area contributed by atoms with Crippen LogP contribution in [0.15, 0.2) is 65.3 Å². The van der Waals surface area contributed by atoms with Crippen molar-refractivity contribution in [1.29, 1.82) is 0 Å². The second-order valence-electron chi connectivity index (χ2n) is 10.1. The smallest absolute Gasteiger partial charge is 0.238 e. The molecule has 0 bridgehead atoms. The van der Waals surface area contributed by atoms with Gasteiger partial charge in [0.2, 0.25) is 11.8 Å². The van der Waals surface area contributed by atoms with Gasteiger partial charge < -0.3 is 14.9 Å². The number of rotatable bonds is 8. The maximum atomic E-state index is 13.5. The van der Waals surface area contributed by atoms with Crippen molar-refractivity contribution < 1.29 is 24.5 Å². The molecule has 4 atom stereocenters. The minimum absolute atomic E-state index is 0.134. The van der Waals surface area contributed by atoms with Crippen LogP contribution in [0.25, 0.3) is 6.08 Å². The molecule has 2 amide bonds. The molecule has 1 aliphatic carbocycles. The molecule has 2 aromatic carbocycles. The molecule has 3 aliphatic rings. The standard InChI is InChI=1S/C30H32ClNO5/c1-2-6-18(13-19-10-11-22(34)15-25(19)31)9-12-26-27-20(16-33)14-23-28(24(27)17-37-26)30(36)32(29(23)35)21-7-4-3-5-8-21/h3-5,7-8,10-11,13,15,23-24,26,28,33-34H,2,6,9,12,14,16-17H2,1H3/b18-13+/t23-,24+,26-,28-/m1/s1. The van der Waals surface area contributed by atoms with Gasteiger partial charge in [0.05, 0.1) is 41.9 Å². The molecule has 0 saturated carbocycles. The van der Waals surface area contributed by atoms with Gasteiger partial charge in [0.1, 0.15) is 5.75 Å². The van der Waals surface area contributed by atoms with E-state index in [4.69, 9.17) is 16.3 Å². The first-order valence-electron chi connectivity index (χ1n) is 13.0. The van der Waals surface area contributed by atoms with E-state index >= 15 is 0 Å². The number of imide groups is 1. The second-order valence-corrected chi connectivity index (χ2v) is 10.5. The number of aromatic hydroxyl groups is 1. The second kappa shape index (κ2) is 10.8. The Hall–Kier alpha value is -2.93. The van der Waals surface area contributed by atoms with Crippen molar-refractivity contribution in [3.63, 3.8) is 0 Å². The number of ether oxygens (including phenoxy) is 1. The minimum Gasteiger partial charge on any atom is -0.508 e. The van der Waals surface area contributed by atoms with Crippen LogP contribution in [-0.2, 0) is 14.3 Å². The van der Waals surface area contributed by atoms with Crippen LogP contribution in [0.3, 0.4) is 0 Å². The van der Waals surface area contributed by atoms with Crippen molar-refractivity contribution in [3.05, 3.63) is 75.8 Å². The number of halogens is 1. The minimum atomic E-state index is -0.460. The Balaban J connectivity index is 1.37. The Bertz CT molecular complexity index is 1250. The average Bonchev–Trinajstić information content (AvgIpc) is 3.42. The summed E-state index contributed by atoms with van der Waals surface area (Å²) >= 11 is 6.34. The lowest BCUT2D eigenvalue weighted by atomic mass is 9.69. The Morgan fingerprint density at radius 1 is 1.11 bits per heavy atom. The summed E-state index contributed by atoms with van der Waals surface area (Å²) < 4.78 is 6.25. The predicted molar refractivity (Wildman–Crippen MR) is 143 cm³/mol. The summed E-state index contributed by atoms with van der Waals surface area (Å²) in [6.07, 6.45) is 5.66. The van der Waals surface area contributed by atoms with E-state index in [0.717, 1.165) is 42.4 Å². The van der Waals surface area contributed by atoms with Crippen LogP contribution >= 0.6 is 11.6 Å². The van der Waals surface area contributed by atoms with Crippen LogP contribution in [0.1, 0.15) is 44.6 Å². The monoisotopic (exact) mass is 521 g/mol. The normalized spacial score (nSPS) is 25.6. The van der Waals surface area contributed by atoms with Gasteiger partial charge in [-0.1, -0.05) is 54.8 Å². The van der Waals surface area contributed by atoms with Gasteiger partial charge in [0.15, 0.2) is 0 Å². The molecule has 7 heteroatoms. The number of allylic oxidation sites excluding steroid dienone is 1. The maximum Gasteiger partial charge on any atom is 0.238 e. The highest BCUT2D eigenvalue weighted by Gasteiger charge is 2.57. The molecule has 194 valence electrons. The van der Waals surface area contributed by atoms with E-state index in [1.165, 1.54) is 16.5 Å². The number of carbonyl (C=O) groups excluding carboxylic acids is 2. The topological polar surface area (TPSA) is 87.1 Å².